The molecule has 0 saturated heterocycles. The summed E-state index contributed by atoms with van der Waals surface area (Å²) < 4.78 is 0.903. The number of amides is 2. The Labute approximate surface area is 52.3 Å². The van der Waals surface area contributed by atoms with E-state index >= 15 is 0 Å². The number of urea groups is 1. The predicted octanol–water partition coefficient (Wildman–Crippen LogP) is -0.0911. The van der Waals surface area contributed by atoms with Gasteiger partial charge in [0.25, 0.3) is 0 Å². The van der Waals surface area contributed by atoms with Crippen LogP contribution in [0, 0.1) is 0 Å². The van der Waals surface area contributed by atoms with E-state index in [2.05, 4.69) is 0 Å². The van der Waals surface area contributed by atoms with E-state index in [1.165, 1.54) is 11.9 Å². The van der Waals surface area contributed by atoms with Gasteiger partial charge < -0.3 is 5.73 Å². The van der Waals surface area contributed by atoms with Crippen LogP contribution in [0.15, 0.2) is 0 Å². The summed E-state index contributed by atoms with van der Waals surface area (Å²) in [5, 5.41) is 0. The summed E-state index contributed by atoms with van der Waals surface area (Å²) in [7, 11) is 0. The Morgan fingerprint density at radius 2 is 2.38 bits per heavy atom. The predicted molar refractivity (Wildman–Crippen MR) is 33.7 cm³/mol. The minimum absolute atomic E-state index is 0.614. The van der Waals surface area contributed by atoms with Gasteiger partial charge in [-0.25, -0.2) is 15.1 Å². The first-order valence-corrected chi connectivity index (χ1v) is 3.10. The highest BCUT2D eigenvalue weighted by Gasteiger charge is 1.99. The Morgan fingerprint density at radius 1 is 1.88 bits per heavy atom. The SMILES string of the molecule is CCSN(N)C(N)=O. The average Bonchev–Trinajstić information content (AvgIpc) is 1.67. The molecule has 8 heavy (non-hydrogen) atoms. The molecule has 0 aromatic heterocycles. The number of hydrogen-bond donors (Lipinski definition) is 2. The number of nitrogens with two attached hydrogens (primary N) is 2. The van der Waals surface area contributed by atoms with E-state index in [1.807, 2.05) is 6.92 Å². The Morgan fingerprint density at radius 3 is 2.50 bits per heavy atom. The minimum atomic E-state index is -0.614. The van der Waals surface area contributed by atoms with E-state index in [0.717, 1.165) is 10.2 Å². The first-order valence-electron chi connectivity index (χ1n) is 2.15. The fourth-order valence-corrected chi connectivity index (χ4v) is 0.608. The lowest BCUT2D eigenvalue weighted by atomic mass is 11.0. The van der Waals surface area contributed by atoms with Crippen molar-refractivity contribution in [3.05, 3.63) is 0 Å². The number of nitrogens with zero attached hydrogens (tertiary/aromatic N) is 1. The minimum Gasteiger partial charge on any atom is -0.350 e. The standard InChI is InChI=1S/C3H9N3OS/c1-2-8-6(5)3(4)7/h2,5H2,1H3,(H2,4,7). The Balaban J connectivity index is 3.32. The molecule has 0 aliphatic heterocycles. The molecule has 2 amide bonds. The molecule has 0 heterocycles. The van der Waals surface area contributed by atoms with Crippen LogP contribution in [0.3, 0.4) is 0 Å². The molecular formula is C3H9N3OS. The van der Waals surface area contributed by atoms with Crippen molar-refractivity contribution < 1.29 is 4.79 Å². The van der Waals surface area contributed by atoms with Gasteiger partial charge in [-0.15, -0.1) is 0 Å². The highest BCUT2D eigenvalue weighted by atomic mass is 32.2. The summed E-state index contributed by atoms with van der Waals surface area (Å²) in [5.41, 5.74) is 4.76. The third-order valence-corrected chi connectivity index (χ3v) is 1.20. The zero-order chi connectivity index (χ0) is 6.57. The van der Waals surface area contributed by atoms with Crippen LogP contribution in [-0.4, -0.2) is 16.2 Å². The van der Waals surface area contributed by atoms with Crippen molar-refractivity contribution in [1.82, 2.24) is 4.41 Å². The molecule has 0 saturated carbocycles. The zero-order valence-corrected chi connectivity index (χ0v) is 5.44. The van der Waals surface area contributed by atoms with Gasteiger partial charge in [0.05, 0.1) is 0 Å². The Bertz CT molecular complexity index is 86.6. The molecule has 5 heteroatoms. The largest absolute Gasteiger partial charge is 0.350 e. The molecule has 0 rings (SSSR count). The van der Waals surface area contributed by atoms with Crippen LogP contribution in [0.25, 0.3) is 0 Å². The third kappa shape index (κ3) is 2.70. The Hall–Kier alpha value is -0.420. The lowest BCUT2D eigenvalue weighted by Gasteiger charge is -2.08. The van der Waals surface area contributed by atoms with Crippen LogP contribution in [0.4, 0.5) is 4.79 Å². The van der Waals surface area contributed by atoms with Gasteiger partial charge in [0.2, 0.25) is 0 Å². The monoisotopic (exact) mass is 135 g/mol. The van der Waals surface area contributed by atoms with Crippen molar-refractivity contribution in [2.45, 2.75) is 6.92 Å². The average molecular weight is 135 g/mol. The molecule has 0 aliphatic rings. The van der Waals surface area contributed by atoms with Crippen molar-refractivity contribution in [2.75, 3.05) is 5.75 Å². The first-order chi connectivity index (χ1) is 3.68. The van der Waals surface area contributed by atoms with Crippen LogP contribution in [0.1, 0.15) is 6.92 Å². The van der Waals surface area contributed by atoms with Crippen LogP contribution in [0.5, 0.6) is 0 Å². The normalized spacial score (nSPS) is 8.75. The molecule has 0 fully saturated rings. The third-order valence-electron chi connectivity index (χ3n) is 0.485. The number of carbonyl (C=O) groups is 1. The summed E-state index contributed by atoms with van der Waals surface area (Å²) in [5.74, 6) is 5.80. The smallest absolute Gasteiger partial charge is 0.339 e. The number of rotatable bonds is 2. The molecule has 0 bridgehead atoms. The van der Waals surface area contributed by atoms with Gasteiger partial charge in [-0.2, -0.15) is 0 Å². The number of hydrazine groups is 1. The van der Waals surface area contributed by atoms with E-state index in [0.29, 0.717) is 0 Å². The summed E-state index contributed by atoms with van der Waals surface area (Å²) in [4.78, 5) is 10.1. The molecule has 0 spiro atoms. The fourth-order valence-electron chi connectivity index (χ4n) is 0.203. The quantitative estimate of drug-likeness (QED) is 0.240. The van der Waals surface area contributed by atoms with Crippen molar-refractivity contribution >= 4 is 18.0 Å². The van der Waals surface area contributed by atoms with Crippen molar-refractivity contribution in [3.8, 4) is 0 Å². The van der Waals surface area contributed by atoms with Gasteiger partial charge >= 0.3 is 6.03 Å². The highest BCUT2D eigenvalue weighted by molar-refractivity contribution is 7.97. The molecule has 0 atom stereocenters. The number of primary amides is 1. The molecule has 0 aromatic carbocycles. The maximum absolute atomic E-state index is 10.1. The topological polar surface area (TPSA) is 72.3 Å². The Kier molecular flexibility index (Phi) is 3.38. The molecule has 4 N–H and O–H groups in total. The van der Waals surface area contributed by atoms with Crippen LogP contribution in [-0.2, 0) is 0 Å². The molecule has 0 unspecified atom stereocenters. The van der Waals surface area contributed by atoms with E-state index in [-0.39, 0.29) is 0 Å². The molecule has 4 nitrogen and oxygen atoms in total. The lowest BCUT2D eigenvalue weighted by Crippen LogP contribution is -2.35. The maximum Gasteiger partial charge on any atom is 0.339 e. The van der Waals surface area contributed by atoms with E-state index in [4.69, 9.17) is 11.6 Å². The van der Waals surface area contributed by atoms with Gasteiger partial charge in [0, 0.05) is 5.75 Å². The van der Waals surface area contributed by atoms with Crippen LogP contribution < -0.4 is 11.6 Å². The molecule has 0 aromatic rings. The summed E-state index contributed by atoms with van der Waals surface area (Å²) in [6, 6.07) is -0.614. The number of carbonyl (C=O) groups excluding carboxylic acids is 1. The van der Waals surface area contributed by atoms with E-state index < -0.39 is 6.03 Å². The zero-order valence-electron chi connectivity index (χ0n) is 4.63. The second-order valence-electron chi connectivity index (χ2n) is 1.08. The van der Waals surface area contributed by atoms with Crippen LogP contribution >= 0.6 is 11.9 Å². The van der Waals surface area contributed by atoms with Crippen LogP contribution in [0.2, 0.25) is 0 Å². The van der Waals surface area contributed by atoms with Crippen molar-refractivity contribution in [3.63, 3.8) is 0 Å². The maximum atomic E-state index is 10.1. The number of hydrogen-bond acceptors (Lipinski definition) is 3. The molecule has 48 valence electrons. The fraction of sp³-hybridized carbons (Fsp3) is 0.667. The highest BCUT2D eigenvalue weighted by Crippen LogP contribution is 1.99. The summed E-state index contributed by atoms with van der Waals surface area (Å²) >= 11 is 1.18. The van der Waals surface area contributed by atoms with E-state index in [1.54, 1.807) is 0 Å². The summed E-state index contributed by atoms with van der Waals surface area (Å²) in [6.07, 6.45) is 0. The lowest BCUT2D eigenvalue weighted by molar-refractivity contribution is 0.235. The van der Waals surface area contributed by atoms with E-state index in [9.17, 15) is 4.79 Å². The van der Waals surface area contributed by atoms with Gasteiger partial charge in [0.15, 0.2) is 0 Å². The molecule has 0 radical (unpaired) electrons. The second kappa shape index (κ2) is 3.57. The second-order valence-corrected chi connectivity index (χ2v) is 2.31. The van der Waals surface area contributed by atoms with Crippen molar-refractivity contribution in [1.29, 1.82) is 0 Å². The van der Waals surface area contributed by atoms with Gasteiger partial charge in [0.1, 0.15) is 0 Å². The van der Waals surface area contributed by atoms with Gasteiger partial charge in [-0.1, -0.05) is 6.92 Å². The van der Waals surface area contributed by atoms with Crippen molar-refractivity contribution in [2.24, 2.45) is 11.6 Å². The van der Waals surface area contributed by atoms with Gasteiger partial charge in [-0.05, 0) is 11.9 Å². The summed E-state index contributed by atoms with van der Waals surface area (Å²) in [6.45, 7) is 1.88. The first kappa shape index (κ1) is 7.58. The van der Waals surface area contributed by atoms with Gasteiger partial charge in [-0.3, -0.25) is 0 Å². The molecule has 0 aliphatic carbocycles. The molecular weight excluding hydrogens is 126 g/mol.